The number of allylic oxidation sites excluding steroid dienone is 2. The first-order chi connectivity index (χ1) is 6.74. The summed E-state index contributed by atoms with van der Waals surface area (Å²) in [5, 5.41) is 0. The summed E-state index contributed by atoms with van der Waals surface area (Å²) in [5.74, 6) is -11.7. The Kier molecular flexibility index (Phi) is 2.32. The quantitative estimate of drug-likeness (QED) is 0.461. The van der Waals surface area contributed by atoms with Crippen LogP contribution < -0.4 is 0 Å². The molecular weight excluding hydrogens is 262 g/mol. The molecule has 94 valence electrons. The average molecular weight is 262 g/mol. The third kappa shape index (κ3) is 1.46. The zero-order valence-electron chi connectivity index (χ0n) is 6.78. The molecule has 0 saturated heterocycles. The molecule has 0 fully saturated rings. The highest BCUT2D eigenvalue weighted by molar-refractivity contribution is 5.48. The van der Waals surface area contributed by atoms with Crippen molar-refractivity contribution >= 4 is 0 Å². The van der Waals surface area contributed by atoms with E-state index in [0.29, 0.717) is 0 Å². The Morgan fingerprint density at radius 1 is 0.562 bits per heavy atom. The Hall–Kier alpha value is -0.960. The second kappa shape index (κ2) is 2.83. The van der Waals surface area contributed by atoms with Crippen LogP contribution in [0.4, 0.5) is 43.9 Å². The summed E-state index contributed by atoms with van der Waals surface area (Å²) in [6.07, 6.45) is -12.3. The van der Waals surface area contributed by atoms with Gasteiger partial charge in [-0.3, -0.25) is 0 Å². The summed E-state index contributed by atoms with van der Waals surface area (Å²) in [7, 11) is 0. The molecule has 1 rings (SSSR count). The molecule has 0 aromatic carbocycles. The monoisotopic (exact) mass is 262 g/mol. The van der Waals surface area contributed by atoms with Crippen LogP contribution in [0.15, 0.2) is 11.1 Å². The molecule has 0 aliphatic heterocycles. The minimum atomic E-state index is -6.16. The lowest BCUT2D eigenvalue weighted by Gasteiger charge is -2.41. The van der Waals surface area contributed by atoms with Crippen molar-refractivity contribution in [3.63, 3.8) is 0 Å². The molecule has 10 heteroatoms. The van der Waals surface area contributed by atoms with E-state index in [9.17, 15) is 43.9 Å². The molecule has 0 radical (unpaired) electrons. The molecule has 0 N–H and O–H groups in total. The predicted octanol–water partition coefficient (Wildman–Crippen LogP) is 3.69. The zero-order chi connectivity index (χ0) is 13.2. The molecule has 0 heterocycles. The molecule has 0 spiro atoms. The highest BCUT2D eigenvalue weighted by atomic mass is 19.4. The van der Waals surface area contributed by atoms with E-state index in [1.54, 1.807) is 0 Å². The molecule has 0 amide bonds. The standard InChI is InChI=1S/C6F10/c7-3(8)1(5(11,12)13)2(4(3,9)10)6(14,15)16. The topological polar surface area (TPSA) is 0 Å². The minimum absolute atomic E-state index is 3.53. The van der Waals surface area contributed by atoms with E-state index in [2.05, 4.69) is 0 Å². The van der Waals surface area contributed by atoms with E-state index >= 15 is 0 Å². The summed E-state index contributed by atoms with van der Waals surface area (Å²) in [5.41, 5.74) is -7.06. The maximum atomic E-state index is 12.2. The van der Waals surface area contributed by atoms with Gasteiger partial charge >= 0.3 is 24.2 Å². The molecule has 0 saturated carbocycles. The molecule has 0 unspecified atom stereocenters. The van der Waals surface area contributed by atoms with Gasteiger partial charge in [0.1, 0.15) is 11.1 Å². The van der Waals surface area contributed by atoms with Crippen molar-refractivity contribution < 1.29 is 43.9 Å². The lowest BCUT2D eigenvalue weighted by Crippen LogP contribution is -2.61. The van der Waals surface area contributed by atoms with Gasteiger partial charge < -0.3 is 0 Å². The van der Waals surface area contributed by atoms with Crippen molar-refractivity contribution in [2.24, 2.45) is 0 Å². The Labute approximate surface area is 80.5 Å². The fourth-order valence-electron chi connectivity index (χ4n) is 1.20. The molecular formula is C6F10. The fourth-order valence-corrected chi connectivity index (χ4v) is 1.20. The van der Waals surface area contributed by atoms with Crippen molar-refractivity contribution in [2.75, 3.05) is 0 Å². The van der Waals surface area contributed by atoms with Crippen molar-refractivity contribution in [3.05, 3.63) is 11.1 Å². The van der Waals surface area contributed by atoms with Gasteiger partial charge in [-0.15, -0.1) is 0 Å². The van der Waals surface area contributed by atoms with Crippen LogP contribution in [0.1, 0.15) is 0 Å². The van der Waals surface area contributed by atoms with Gasteiger partial charge in [0.15, 0.2) is 0 Å². The van der Waals surface area contributed by atoms with Gasteiger partial charge in [0.2, 0.25) is 0 Å². The van der Waals surface area contributed by atoms with Gasteiger partial charge in [-0.1, -0.05) is 0 Å². The van der Waals surface area contributed by atoms with Crippen LogP contribution >= 0.6 is 0 Å². The first kappa shape index (κ1) is 13.1. The molecule has 0 bridgehead atoms. The van der Waals surface area contributed by atoms with E-state index < -0.39 is 35.3 Å². The number of hydrogen-bond acceptors (Lipinski definition) is 0. The second-order valence-electron chi connectivity index (χ2n) is 2.89. The van der Waals surface area contributed by atoms with E-state index in [1.807, 2.05) is 0 Å². The third-order valence-corrected chi connectivity index (χ3v) is 1.84. The maximum absolute atomic E-state index is 12.2. The van der Waals surface area contributed by atoms with Crippen molar-refractivity contribution in [2.45, 2.75) is 24.2 Å². The normalized spacial score (nSPS) is 24.4. The Morgan fingerprint density at radius 3 is 0.875 bits per heavy atom. The van der Waals surface area contributed by atoms with Crippen LogP contribution in [0, 0.1) is 0 Å². The van der Waals surface area contributed by atoms with Crippen LogP contribution in [-0.4, -0.2) is 24.2 Å². The fraction of sp³-hybridized carbons (Fsp3) is 0.667. The highest BCUT2D eigenvalue weighted by Gasteiger charge is 2.82. The lowest BCUT2D eigenvalue weighted by molar-refractivity contribution is -0.265. The molecule has 16 heavy (non-hydrogen) atoms. The van der Waals surface area contributed by atoms with Crippen LogP contribution in [0.2, 0.25) is 0 Å². The van der Waals surface area contributed by atoms with Gasteiger partial charge in [-0.25, -0.2) is 0 Å². The molecule has 0 atom stereocenters. The van der Waals surface area contributed by atoms with Gasteiger partial charge in [0.25, 0.3) is 0 Å². The molecule has 0 nitrogen and oxygen atoms in total. The Balaban J connectivity index is 3.48. The summed E-state index contributed by atoms with van der Waals surface area (Å²) in [6.45, 7) is 0. The highest BCUT2D eigenvalue weighted by Crippen LogP contribution is 2.63. The first-order valence-electron chi connectivity index (χ1n) is 3.39. The van der Waals surface area contributed by atoms with Gasteiger partial charge in [-0.2, -0.15) is 43.9 Å². The van der Waals surface area contributed by atoms with Crippen LogP contribution in [0.5, 0.6) is 0 Å². The van der Waals surface area contributed by atoms with Crippen molar-refractivity contribution in [1.29, 1.82) is 0 Å². The third-order valence-electron chi connectivity index (χ3n) is 1.84. The zero-order valence-corrected chi connectivity index (χ0v) is 6.78. The van der Waals surface area contributed by atoms with E-state index in [0.717, 1.165) is 0 Å². The predicted molar refractivity (Wildman–Crippen MR) is 29.0 cm³/mol. The maximum Gasteiger partial charge on any atom is 0.419 e. The smallest absolute Gasteiger partial charge is 0.194 e. The van der Waals surface area contributed by atoms with E-state index in [4.69, 9.17) is 0 Å². The largest absolute Gasteiger partial charge is 0.419 e. The summed E-state index contributed by atoms with van der Waals surface area (Å²) < 4.78 is 119. The molecule has 1 aliphatic rings. The summed E-state index contributed by atoms with van der Waals surface area (Å²) >= 11 is 0. The number of halogens is 10. The van der Waals surface area contributed by atoms with Crippen LogP contribution in [0.25, 0.3) is 0 Å². The first-order valence-corrected chi connectivity index (χ1v) is 3.39. The van der Waals surface area contributed by atoms with Crippen LogP contribution in [0.3, 0.4) is 0 Å². The lowest BCUT2D eigenvalue weighted by atomic mass is 9.79. The van der Waals surface area contributed by atoms with Gasteiger partial charge in [0.05, 0.1) is 0 Å². The van der Waals surface area contributed by atoms with Gasteiger partial charge in [0, 0.05) is 0 Å². The summed E-state index contributed by atoms with van der Waals surface area (Å²) in [6, 6.07) is 0. The summed E-state index contributed by atoms with van der Waals surface area (Å²) in [4.78, 5) is 0. The Bertz CT molecular complexity index is 305. The van der Waals surface area contributed by atoms with Gasteiger partial charge in [-0.05, 0) is 0 Å². The molecule has 0 aromatic heterocycles. The Morgan fingerprint density at radius 2 is 0.750 bits per heavy atom. The van der Waals surface area contributed by atoms with E-state index in [1.165, 1.54) is 0 Å². The molecule has 1 aliphatic carbocycles. The number of alkyl halides is 10. The SMILES string of the molecule is FC(F)(F)C1=C(C(F)(F)F)C(F)(F)C1(F)F. The average Bonchev–Trinajstić information content (AvgIpc) is 1.94. The van der Waals surface area contributed by atoms with E-state index in [-0.39, 0.29) is 0 Å². The minimum Gasteiger partial charge on any atom is -0.194 e. The van der Waals surface area contributed by atoms with Crippen LogP contribution in [-0.2, 0) is 0 Å². The number of rotatable bonds is 0. The molecule has 0 aromatic rings. The van der Waals surface area contributed by atoms with Crippen molar-refractivity contribution in [3.8, 4) is 0 Å². The van der Waals surface area contributed by atoms with Crippen molar-refractivity contribution in [1.82, 2.24) is 0 Å². The second-order valence-corrected chi connectivity index (χ2v) is 2.89. The number of hydrogen-bond donors (Lipinski definition) is 0.